The number of fused-ring (bicyclic) bond motifs is 4. The summed E-state index contributed by atoms with van der Waals surface area (Å²) in [6.45, 7) is 1.80. The van der Waals surface area contributed by atoms with Crippen LogP contribution < -0.4 is 10.4 Å². The van der Waals surface area contributed by atoms with Gasteiger partial charge in [-0.2, -0.15) is 4.99 Å². The van der Waals surface area contributed by atoms with Gasteiger partial charge in [0.15, 0.2) is 4.80 Å². The zero-order valence-corrected chi connectivity index (χ0v) is 19.5. The van der Waals surface area contributed by atoms with Crippen molar-refractivity contribution in [1.82, 2.24) is 4.57 Å². The molecule has 5 rings (SSSR count). The van der Waals surface area contributed by atoms with Crippen LogP contribution in [-0.4, -0.2) is 23.1 Å². The molecule has 5 aromatic rings. The first-order valence-corrected chi connectivity index (χ1v) is 11.6. The van der Waals surface area contributed by atoms with Crippen LogP contribution in [0.25, 0.3) is 32.0 Å². The molecule has 1 amide bonds. The Kier molecular flexibility index (Phi) is 5.77. The van der Waals surface area contributed by atoms with Crippen LogP contribution in [0.1, 0.15) is 17.3 Å². The van der Waals surface area contributed by atoms with Crippen LogP contribution in [-0.2, 0) is 16.1 Å². The van der Waals surface area contributed by atoms with Crippen molar-refractivity contribution in [3.8, 4) is 0 Å². The standard InChI is InChI=1S/C25H17ClN2O5S/c1-2-32-22(29)13-28-19-9-8-15(26)11-21(19)34-25(28)27-23(30)18-12-17-16-6-4-3-5-14(16)7-10-20(17)33-24(18)31/h3-12H,2,13H2,1H3. The molecular weight excluding hydrogens is 476 g/mol. The van der Waals surface area contributed by atoms with Gasteiger partial charge < -0.3 is 13.7 Å². The second-order valence-corrected chi connectivity index (χ2v) is 8.90. The number of aromatic nitrogens is 1. The van der Waals surface area contributed by atoms with Gasteiger partial charge in [0.25, 0.3) is 5.91 Å². The van der Waals surface area contributed by atoms with E-state index >= 15 is 0 Å². The van der Waals surface area contributed by atoms with Crippen molar-refractivity contribution in [1.29, 1.82) is 0 Å². The SMILES string of the molecule is CCOC(=O)Cn1c(=NC(=O)c2cc3c(ccc4ccccc43)oc2=O)sc2cc(Cl)ccc21. The summed E-state index contributed by atoms with van der Waals surface area (Å²) in [5.41, 5.74) is 0.0827. The third-order valence-corrected chi connectivity index (χ3v) is 6.58. The number of benzene rings is 3. The molecule has 0 radical (unpaired) electrons. The maximum atomic E-state index is 13.1. The zero-order chi connectivity index (χ0) is 23.8. The predicted octanol–water partition coefficient (Wildman–Crippen LogP) is 4.92. The summed E-state index contributed by atoms with van der Waals surface area (Å²) in [6, 6.07) is 17.8. The van der Waals surface area contributed by atoms with E-state index in [2.05, 4.69) is 4.99 Å². The lowest BCUT2D eigenvalue weighted by molar-refractivity contribution is -0.143. The van der Waals surface area contributed by atoms with E-state index in [4.69, 9.17) is 20.8 Å². The number of thiazole rings is 1. The van der Waals surface area contributed by atoms with Crippen LogP contribution in [0.5, 0.6) is 0 Å². The number of rotatable bonds is 4. The molecule has 2 aromatic heterocycles. The van der Waals surface area contributed by atoms with Gasteiger partial charge in [-0.3, -0.25) is 9.59 Å². The molecule has 0 saturated heterocycles. The number of hydrogen-bond donors (Lipinski definition) is 0. The molecule has 170 valence electrons. The third kappa shape index (κ3) is 4.02. The first-order valence-electron chi connectivity index (χ1n) is 10.4. The highest BCUT2D eigenvalue weighted by molar-refractivity contribution is 7.16. The molecule has 9 heteroatoms. The van der Waals surface area contributed by atoms with Crippen molar-refractivity contribution >= 4 is 66.8 Å². The highest BCUT2D eigenvalue weighted by atomic mass is 35.5. The van der Waals surface area contributed by atoms with Crippen LogP contribution in [0, 0.1) is 0 Å². The van der Waals surface area contributed by atoms with Crippen LogP contribution in [0.15, 0.2) is 74.9 Å². The van der Waals surface area contributed by atoms with Gasteiger partial charge in [-0.05, 0) is 48.0 Å². The molecule has 0 aliphatic heterocycles. The number of nitrogens with zero attached hydrogens (tertiary/aromatic N) is 2. The average molecular weight is 493 g/mol. The quantitative estimate of drug-likeness (QED) is 0.202. The molecule has 2 heterocycles. The van der Waals surface area contributed by atoms with E-state index in [0.717, 1.165) is 15.5 Å². The van der Waals surface area contributed by atoms with Crippen molar-refractivity contribution in [2.75, 3.05) is 6.61 Å². The summed E-state index contributed by atoms with van der Waals surface area (Å²) in [7, 11) is 0. The molecule has 0 atom stereocenters. The molecule has 0 fully saturated rings. The first-order chi connectivity index (χ1) is 16.4. The molecule has 0 aliphatic carbocycles. The average Bonchev–Trinajstić information content (AvgIpc) is 3.14. The third-order valence-electron chi connectivity index (χ3n) is 5.31. The minimum absolute atomic E-state index is 0.140. The smallest absolute Gasteiger partial charge is 0.349 e. The Morgan fingerprint density at radius 2 is 1.91 bits per heavy atom. The summed E-state index contributed by atoms with van der Waals surface area (Å²) in [5, 5.41) is 2.95. The fraction of sp³-hybridized carbons (Fsp3) is 0.120. The number of carbonyl (C=O) groups is 2. The monoisotopic (exact) mass is 492 g/mol. The van der Waals surface area contributed by atoms with Gasteiger partial charge in [-0.25, -0.2) is 4.79 Å². The second kappa shape index (κ2) is 8.89. The molecule has 7 nitrogen and oxygen atoms in total. The van der Waals surface area contributed by atoms with Gasteiger partial charge in [0.05, 0.1) is 16.8 Å². The molecule has 0 saturated carbocycles. The van der Waals surface area contributed by atoms with Crippen LogP contribution >= 0.6 is 22.9 Å². The van der Waals surface area contributed by atoms with Gasteiger partial charge >= 0.3 is 11.6 Å². The fourth-order valence-corrected chi connectivity index (χ4v) is 5.09. The fourth-order valence-electron chi connectivity index (χ4n) is 3.79. The molecular formula is C25H17ClN2O5S. The minimum atomic E-state index is -0.780. The maximum absolute atomic E-state index is 13.1. The first kappa shape index (κ1) is 22.1. The number of hydrogen-bond acceptors (Lipinski definition) is 6. The largest absolute Gasteiger partial charge is 0.465 e. The van der Waals surface area contributed by atoms with Gasteiger partial charge in [-0.1, -0.05) is 53.3 Å². The molecule has 0 N–H and O–H groups in total. The Labute approximate surface area is 201 Å². The molecule has 0 unspecified atom stereocenters. The highest BCUT2D eigenvalue weighted by Gasteiger charge is 2.17. The number of amides is 1. The molecule has 34 heavy (non-hydrogen) atoms. The molecule has 3 aromatic carbocycles. The van der Waals surface area contributed by atoms with E-state index in [-0.39, 0.29) is 23.5 Å². The zero-order valence-electron chi connectivity index (χ0n) is 17.9. The van der Waals surface area contributed by atoms with Gasteiger partial charge in [-0.15, -0.1) is 0 Å². The summed E-state index contributed by atoms with van der Waals surface area (Å²) in [6.07, 6.45) is 0. The van der Waals surface area contributed by atoms with Crippen LogP contribution in [0.2, 0.25) is 5.02 Å². The topological polar surface area (TPSA) is 90.9 Å². The normalized spacial score (nSPS) is 12.0. The summed E-state index contributed by atoms with van der Waals surface area (Å²) in [4.78, 5) is 42.4. The minimum Gasteiger partial charge on any atom is -0.465 e. The van der Waals surface area contributed by atoms with Crippen molar-refractivity contribution in [2.24, 2.45) is 4.99 Å². The predicted molar refractivity (Wildman–Crippen MR) is 131 cm³/mol. The van der Waals surface area contributed by atoms with Crippen molar-refractivity contribution in [3.05, 3.63) is 86.5 Å². The summed E-state index contributed by atoms with van der Waals surface area (Å²) in [5.74, 6) is -1.23. The van der Waals surface area contributed by atoms with Crippen molar-refractivity contribution in [3.63, 3.8) is 0 Å². The number of halogens is 1. The Morgan fingerprint density at radius 1 is 1.09 bits per heavy atom. The molecule has 0 bridgehead atoms. The Bertz CT molecular complexity index is 1730. The lowest BCUT2D eigenvalue weighted by Gasteiger charge is -2.05. The maximum Gasteiger partial charge on any atom is 0.349 e. The highest BCUT2D eigenvalue weighted by Crippen LogP contribution is 2.25. The van der Waals surface area contributed by atoms with E-state index < -0.39 is 17.5 Å². The van der Waals surface area contributed by atoms with E-state index in [1.165, 1.54) is 17.4 Å². The Hall–Kier alpha value is -3.75. The van der Waals surface area contributed by atoms with Gasteiger partial charge in [0.2, 0.25) is 0 Å². The van der Waals surface area contributed by atoms with E-state index in [1.54, 1.807) is 35.8 Å². The van der Waals surface area contributed by atoms with Gasteiger partial charge in [0.1, 0.15) is 17.7 Å². The number of carbonyl (C=O) groups excluding carboxylic acids is 2. The van der Waals surface area contributed by atoms with Crippen LogP contribution in [0.4, 0.5) is 0 Å². The van der Waals surface area contributed by atoms with Gasteiger partial charge in [0, 0.05) is 10.4 Å². The summed E-state index contributed by atoms with van der Waals surface area (Å²) < 4.78 is 12.8. The molecule has 0 spiro atoms. The lowest BCUT2D eigenvalue weighted by Crippen LogP contribution is -2.24. The van der Waals surface area contributed by atoms with Crippen LogP contribution in [0.3, 0.4) is 0 Å². The Morgan fingerprint density at radius 3 is 2.74 bits per heavy atom. The number of esters is 1. The number of ether oxygens (including phenoxy) is 1. The van der Waals surface area contributed by atoms with Crippen molar-refractivity contribution in [2.45, 2.75) is 13.5 Å². The lowest BCUT2D eigenvalue weighted by atomic mass is 10.0. The summed E-state index contributed by atoms with van der Waals surface area (Å²) >= 11 is 7.30. The van der Waals surface area contributed by atoms with E-state index in [9.17, 15) is 14.4 Å². The van der Waals surface area contributed by atoms with E-state index in [1.807, 2.05) is 30.3 Å². The van der Waals surface area contributed by atoms with Crippen molar-refractivity contribution < 1.29 is 18.7 Å². The Balaban J connectivity index is 1.68. The van der Waals surface area contributed by atoms with E-state index in [0.29, 0.717) is 21.5 Å². The second-order valence-electron chi connectivity index (χ2n) is 7.45. The molecule has 0 aliphatic rings.